The number of H-pyrrole nitrogens is 1. The first kappa shape index (κ1) is 26.6. The van der Waals surface area contributed by atoms with Gasteiger partial charge in [-0.1, -0.05) is 0 Å². The molecule has 0 radical (unpaired) electrons. The molecule has 0 amide bonds. The highest BCUT2D eigenvalue weighted by atomic mass is 31.1. The summed E-state index contributed by atoms with van der Waals surface area (Å²) in [4.78, 5) is 34.7. The van der Waals surface area contributed by atoms with Gasteiger partial charge in [0.1, 0.15) is 18.5 Å². The summed E-state index contributed by atoms with van der Waals surface area (Å²) in [5, 5.41) is 0. The molecule has 2 bridgehead atoms. The molecule has 21 heteroatoms. The number of aromatic amines is 1. The van der Waals surface area contributed by atoms with Crippen LogP contribution in [-0.4, -0.2) is 82.6 Å². The molecule has 7 rings (SSSR count). The predicted molar refractivity (Wildman–Crippen MR) is 136 cm³/mol. The Morgan fingerprint density at radius 2 is 1.80 bits per heavy atom. The van der Waals surface area contributed by atoms with Crippen molar-refractivity contribution in [3.05, 3.63) is 29.3 Å². The van der Waals surface area contributed by atoms with Gasteiger partial charge in [-0.25, -0.2) is 28.7 Å². The van der Waals surface area contributed by atoms with Gasteiger partial charge in [-0.05, 0) is 6.16 Å². The number of ether oxygens (including phenoxy) is 2. The van der Waals surface area contributed by atoms with Gasteiger partial charge >= 0.3 is 8.25 Å². The molecule has 3 aliphatic rings. The lowest BCUT2D eigenvalue weighted by atomic mass is 10.0. The number of aromatic nitrogens is 8. The van der Waals surface area contributed by atoms with E-state index in [1.54, 1.807) is 0 Å². The van der Waals surface area contributed by atoms with E-state index in [1.165, 1.54) is 28.1 Å². The Morgan fingerprint density at radius 3 is 2.63 bits per heavy atom. The third-order valence-electron chi connectivity index (χ3n) is 7.06. The molecule has 7 heterocycles. The van der Waals surface area contributed by atoms with Gasteiger partial charge < -0.3 is 25.5 Å². The molecule has 3 saturated heterocycles. The summed E-state index contributed by atoms with van der Waals surface area (Å²) in [6, 6.07) is 0. The van der Waals surface area contributed by atoms with Gasteiger partial charge in [0.25, 0.3) is 5.56 Å². The van der Waals surface area contributed by atoms with E-state index in [2.05, 4.69) is 29.9 Å². The molecule has 4 aromatic heterocycles. The summed E-state index contributed by atoms with van der Waals surface area (Å²) in [7, 11) is -3.36. The zero-order chi connectivity index (χ0) is 28.4. The number of nitrogens with one attached hydrogen (secondary N) is 1. The second-order valence-corrected chi connectivity index (χ2v) is 11.3. The topological polar surface area (TPSA) is 222 Å². The number of halogens is 2. The van der Waals surface area contributed by atoms with Crippen molar-refractivity contribution in [3.8, 4) is 0 Å². The first-order valence-electron chi connectivity index (χ1n) is 12.2. The normalized spacial score (nSPS) is 34.1. The Bertz CT molecular complexity index is 1710. The average molecular weight is 613 g/mol. The van der Waals surface area contributed by atoms with Crippen LogP contribution >= 0.6 is 17.1 Å². The van der Waals surface area contributed by atoms with Gasteiger partial charge in [0.15, 0.2) is 59.8 Å². The average Bonchev–Trinajstić information content (AvgIpc) is 3.69. The number of alkyl halides is 2. The Hall–Kier alpha value is -3.31. The van der Waals surface area contributed by atoms with Crippen LogP contribution in [0.25, 0.3) is 22.3 Å². The molecule has 5 N–H and O–H groups in total. The maximum Gasteiger partial charge on any atom is 0.698 e. The molecule has 0 aromatic carbocycles. The molecular weight excluding hydrogens is 592 g/mol. The lowest BCUT2D eigenvalue weighted by Gasteiger charge is -2.19. The van der Waals surface area contributed by atoms with E-state index in [-0.39, 0.29) is 46.9 Å². The zero-order valence-electron chi connectivity index (χ0n) is 20.6. The Kier molecular flexibility index (Phi) is 6.61. The molecular formula is C20H21F2N10O7P2+. The summed E-state index contributed by atoms with van der Waals surface area (Å²) < 4.78 is 75.1. The van der Waals surface area contributed by atoms with Crippen LogP contribution in [-0.2, 0) is 27.6 Å². The number of rotatable bonds is 2. The molecule has 10 atom stereocenters. The van der Waals surface area contributed by atoms with Crippen LogP contribution in [0.3, 0.4) is 0 Å². The minimum Gasteiger partial charge on any atom is -0.382 e. The van der Waals surface area contributed by atoms with Crippen LogP contribution in [0.4, 0.5) is 20.5 Å². The smallest absolute Gasteiger partial charge is 0.382 e. The minimum absolute atomic E-state index is 0.00564. The van der Waals surface area contributed by atoms with E-state index in [0.29, 0.717) is 0 Å². The Balaban J connectivity index is 1.14. The number of imidazole rings is 2. The fourth-order valence-electron chi connectivity index (χ4n) is 5.10. The monoisotopic (exact) mass is 613 g/mol. The number of anilines is 2. The van der Waals surface area contributed by atoms with E-state index in [1.807, 2.05) is 0 Å². The van der Waals surface area contributed by atoms with Crippen molar-refractivity contribution in [2.24, 2.45) is 5.92 Å². The fourth-order valence-corrected chi connectivity index (χ4v) is 6.98. The SMILES string of the molecule is Nc1nc2c(ncn2[C@@H]2OC3OPC[C@H]4[C@H](F)[C@H](n5cnc6c(N)ncnc65)O[C@@H]4CO[P+](=O)O[C@@H]2[C@H]3F)c(=O)[nH]1. The Morgan fingerprint density at radius 1 is 1.02 bits per heavy atom. The Labute approximate surface area is 229 Å². The molecule has 41 heavy (non-hydrogen) atoms. The highest BCUT2D eigenvalue weighted by Gasteiger charge is 2.55. The van der Waals surface area contributed by atoms with Crippen LogP contribution in [0.2, 0.25) is 0 Å². The van der Waals surface area contributed by atoms with Crippen molar-refractivity contribution < 1.29 is 36.4 Å². The molecule has 4 aromatic rings. The van der Waals surface area contributed by atoms with Crippen LogP contribution in [0, 0.1) is 5.92 Å². The minimum atomic E-state index is -2.95. The van der Waals surface area contributed by atoms with E-state index >= 15 is 8.78 Å². The van der Waals surface area contributed by atoms with Crippen molar-refractivity contribution in [1.82, 2.24) is 39.0 Å². The molecule has 0 spiro atoms. The summed E-state index contributed by atoms with van der Waals surface area (Å²) in [6.07, 6.45) is -5.92. The number of hydrogen-bond acceptors (Lipinski definition) is 14. The third kappa shape index (κ3) is 4.44. The quantitative estimate of drug-likeness (QED) is 0.267. The second kappa shape index (κ2) is 10.2. The van der Waals surface area contributed by atoms with Crippen LogP contribution < -0.4 is 17.0 Å². The number of fused-ring (bicyclic) bond motifs is 5. The van der Waals surface area contributed by atoms with Crippen molar-refractivity contribution in [1.29, 1.82) is 0 Å². The first-order chi connectivity index (χ1) is 19.8. The van der Waals surface area contributed by atoms with Gasteiger partial charge in [0.05, 0.1) is 18.8 Å². The number of nitrogen functional groups attached to an aromatic ring is 2. The van der Waals surface area contributed by atoms with E-state index in [0.717, 1.165) is 0 Å². The largest absolute Gasteiger partial charge is 0.698 e. The van der Waals surface area contributed by atoms with Crippen molar-refractivity contribution in [2.45, 2.75) is 43.3 Å². The summed E-state index contributed by atoms with van der Waals surface area (Å²) in [6.45, 7) is -0.328. The molecule has 0 saturated carbocycles. The highest BCUT2D eigenvalue weighted by molar-refractivity contribution is 7.33. The van der Waals surface area contributed by atoms with E-state index in [4.69, 9.17) is 34.5 Å². The molecule has 216 valence electrons. The van der Waals surface area contributed by atoms with E-state index < -0.39 is 71.8 Å². The summed E-state index contributed by atoms with van der Waals surface area (Å²) in [5.41, 5.74) is 11.4. The number of hydrogen-bond donors (Lipinski definition) is 3. The van der Waals surface area contributed by atoms with E-state index in [9.17, 15) is 9.36 Å². The molecule has 3 fully saturated rings. The van der Waals surface area contributed by atoms with Crippen LogP contribution in [0.1, 0.15) is 12.5 Å². The standard InChI is InChI=1S/C20H20F2N10O7P2/c21-8-6-2-40-38-19-9(22)12(18(37-19)32-5-28-11-15(32)29-20(24)30-16(11)33)39-41(34)35-1-7(6)36-17(8)31-4-27-10-13(23)25-3-26-14(10)31/h3-9,12,17-19,40H,1-2H2,(H4-,23,24,25,26,29,30,33)/p+1/t6-,7-,8+,9-,12-,17-,18-,19?/m1/s1. The summed E-state index contributed by atoms with van der Waals surface area (Å²) in [5.74, 6) is -0.860. The number of nitrogens with zero attached hydrogens (tertiary/aromatic N) is 7. The molecule has 3 unspecified atom stereocenters. The molecule has 3 aliphatic heterocycles. The third-order valence-corrected chi connectivity index (χ3v) is 8.87. The maximum atomic E-state index is 15.8. The van der Waals surface area contributed by atoms with Crippen molar-refractivity contribution >= 4 is 51.2 Å². The second-order valence-electron chi connectivity index (χ2n) is 9.43. The molecule has 17 nitrogen and oxygen atoms in total. The fraction of sp³-hybridized carbons (Fsp3) is 0.500. The predicted octanol–water partition coefficient (Wildman–Crippen LogP) is 0.851. The van der Waals surface area contributed by atoms with Crippen LogP contribution in [0.5, 0.6) is 0 Å². The van der Waals surface area contributed by atoms with Gasteiger partial charge in [-0.3, -0.25) is 18.9 Å². The maximum absolute atomic E-state index is 15.8. The van der Waals surface area contributed by atoms with Gasteiger partial charge in [0.2, 0.25) is 5.95 Å². The first-order valence-corrected chi connectivity index (χ1v) is 14.4. The number of nitrogens with two attached hydrogens (primary N) is 2. The van der Waals surface area contributed by atoms with Gasteiger partial charge in [-0.15, -0.1) is 9.05 Å². The van der Waals surface area contributed by atoms with Crippen molar-refractivity contribution in [3.63, 3.8) is 0 Å². The molecule has 0 aliphatic carbocycles. The summed E-state index contributed by atoms with van der Waals surface area (Å²) >= 11 is 0. The lowest BCUT2D eigenvalue weighted by molar-refractivity contribution is -0.109. The van der Waals surface area contributed by atoms with Gasteiger partial charge in [-0.2, -0.15) is 4.98 Å². The van der Waals surface area contributed by atoms with Crippen LogP contribution in [0.15, 0.2) is 23.8 Å². The zero-order valence-corrected chi connectivity index (χ0v) is 22.5. The van der Waals surface area contributed by atoms with Crippen molar-refractivity contribution in [2.75, 3.05) is 24.2 Å². The lowest BCUT2D eigenvalue weighted by Crippen LogP contribution is -2.32. The highest BCUT2D eigenvalue weighted by Crippen LogP contribution is 2.46. The van der Waals surface area contributed by atoms with Gasteiger partial charge in [0, 0.05) is 19.3 Å².